The van der Waals surface area contributed by atoms with Crippen LogP contribution in [0.4, 0.5) is 11.5 Å². The summed E-state index contributed by atoms with van der Waals surface area (Å²) < 4.78 is 17.1. The molecule has 1 saturated carbocycles. The Morgan fingerprint density at radius 3 is 2.56 bits per heavy atom. The van der Waals surface area contributed by atoms with Crippen molar-refractivity contribution in [1.29, 1.82) is 0 Å². The van der Waals surface area contributed by atoms with E-state index in [1.54, 1.807) is 19.5 Å². The van der Waals surface area contributed by atoms with Gasteiger partial charge in [0.1, 0.15) is 17.1 Å². The summed E-state index contributed by atoms with van der Waals surface area (Å²) in [5.41, 5.74) is 2.79. The van der Waals surface area contributed by atoms with Gasteiger partial charge in [-0.1, -0.05) is 0 Å². The minimum atomic E-state index is 0.153. The van der Waals surface area contributed by atoms with E-state index in [0.717, 1.165) is 80.3 Å². The topological polar surface area (TPSA) is 94.5 Å². The van der Waals surface area contributed by atoms with Gasteiger partial charge < -0.3 is 24.4 Å². The van der Waals surface area contributed by atoms with Crippen LogP contribution in [-0.2, 0) is 4.74 Å². The average Bonchev–Trinajstić information content (AvgIpc) is 2.86. The maximum atomic E-state index is 6.50. The number of anilines is 2. The zero-order chi connectivity index (χ0) is 21.8. The molecule has 0 amide bonds. The maximum Gasteiger partial charge on any atom is 0.233 e. The van der Waals surface area contributed by atoms with Gasteiger partial charge in [0, 0.05) is 49.3 Å². The fraction of sp³-hybridized carbons (Fsp3) is 0.478. The third-order valence-corrected chi connectivity index (χ3v) is 6.07. The number of ether oxygens (including phenoxy) is 3. The van der Waals surface area contributed by atoms with Gasteiger partial charge in [-0.05, 0) is 37.8 Å². The lowest BCUT2D eigenvalue weighted by Gasteiger charge is -2.31. The highest BCUT2D eigenvalue weighted by Crippen LogP contribution is 2.33. The number of morpholine rings is 1. The maximum absolute atomic E-state index is 6.50. The van der Waals surface area contributed by atoms with Crippen molar-refractivity contribution >= 4 is 22.5 Å². The molecule has 3 heterocycles. The van der Waals surface area contributed by atoms with Crippen LogP contribution in [0.3, 0.4) is 0 Å². The highest BCUT2D eigenvalue weighted by molar-refractivity contribution is 5.85. The van der Waals surface area contributed by atoms with Gasteiger partial charge in [0.25, 0.3) is 0 Å². The second-order valence-corrected chi connectivity index (χ2v) is 8.16. The fourth-order valence-corrected chi connectivity index (χ4v) is 4.34. The molecule has 2 aliphatic rings. The zero-order valence-corrected chi connectivity index (χ0v) is 18.2. The summed E-state index contributed by atoms with van der Waals surface area (Å²) in [6.45, 7) is 3.22. The third-order valence-electron chi connectivity index (χ3n) is 6.07. The van der Waals surface area contributed by atoms with E-state index >= 15 is 0 Å². The summed E-state index contributed by atoms with van der Waals surface area (Å²) in [6.07, 6.45) is 7.54. The molecule has 3 aromatic rings. The zero-order valence-electron chi connectivity index (χ0n) is 18.2. The van der Waals surface area contributed by atoms with E-state index < -0.39 is 0 Å². The van der Waals surface area contributed by atoms with Gasteiger partial charge in [-0.15, -0.1) is 10.2 Å². The van der Waals surface area contributed by atoms with Crippen molar-refractivity contribution in [2.45, 2.75) is 37.8 Å². The minimum Gasteiger partial charge on any atom is -0.488 e. The molecule has 9 heteroatoms. The van der Waals surface area contributed by atoms with Crippen molar-refractivity contribution < 1.29 is 14.2 Å². The van der Waals surface area contributed by atoms with Gasteiger partial charge >= 0.3 is 0 Å². The Morgan fingerprint density at radius 2 is 1.81 bits per heavy atom. The lowest BCUT2D eigenvalue weighted by Crippen LogP contribution is -2.36. The van der Waals surface area contributed by atoms with Gasteiger partial charge in [0.2, 0.25) is 5.88 Å². The highest BCUT2D eigenvalue weighted by Gasteiger charge is 2.24. The smallest absolute Gasteiger partial charge is 0.233 e. The molecule has 2 fully saturated rings. The fourth-order valence-electron chi connectivity index (χ4n) is 4.34. The number of methoxy groups -OCH3 is 1. The first-order chi connectivity index (χ1) is 15.8. The monoisotopic (exact) mass is 436 g/mol. The first-order valence-corrected chi connectivity index (χ1v) is 11.2. The van der Waals surface area contributed by atoms with Crippen LogP contribution >= 0.6 is 0 Å². The van der Waals surface area contributed by atoms with E-state index in [-0.39, 0.29) is 6.10 Å². The van der Waals surface area contributed by atoms with Crippen molar-refractivity contribution in [3.8, 4) is 11.6 Å². The molecule has 9 nitrogen and oxygen atoms in total. The summed E-state index contributed by atoms with van der Waals surface area (Å²) in [7, 11) is 1.59. The van der Waals surface area contributed by atoms with Gasteiger partial charge in [0.15, 0.2) is 0 Å². The molecule has 32 heavy (non-hydrogen) atoms. The van der Waals surface area contributed by atoms with Crippen molar-refractivity contribution in [2.24, 2.45) is 0 Å². The Balaban J connectivity index is 1.25. The predicted octanol–water partition coefficient (Wildman–Crippen LogP) is 3.07. The molecule has 2 aromatic heterocycles. The molecule has 1 aromatic carbocycles. The van der Waals surface area contributed by atoms with Crippen molar-refractivity contribution in [1.82, 2.24) is 20.2 Å². The lowest BCUT2D eigenvalue weighted by molar-refractivity contribution is 0.122. The van der Waals surface area contributed by atoms with Crippen LogP contribution in [0.1, 0.15) is 25.7 Å². The lowest BCUT2D eigenvalue weighted by atomic mass is 9.93. The first kappa shape index (κ1) is 20.7. The summed E-state index contributed by atoms with van der Waals surface area (Å²) in [6, 6.07) is 8.28. The number of aromatic nitrogens is 4. The van der Waals surface area contributed by atoms with Crippen LogP contribution in [-0.4, -0.2) is 65.7 Å². The number of hydrogen-bond acceptors (Lipinski definition) is 9. The molecule has 1 aliphatic heterocycles. The van der Waals surface area contributed by atoms with E-state index in [0.29, 0.717) is 11.9 Å². The van der Waals surface area contributed by atoms with Crippen LogP contribution in [0.5, 0.6) is 11.6 Å². The van der Waals surface area contributed by atoms with Gasteiger partial charge in [0.05, 0.1) is 31.9 Å². The van der Waals surface area contributed by atoms with Gasteiger partial charge in [-0.2, -0.15) is 0 Å². The Morgan fingerprint density at radius 1 is 1.00 bits per heavy atom. The van der Waals surface area contributed by atoms with Crippen LogP contribution in [0, 0.1) is 0 Å². The standard InChI is InChI=1S/C23H28N6O3/c1-30-22-7-6-21(27-28-22)26-16-2-4-18(5-3-16)32-20-15-17(29-10-12-31-13-11-29)14-19-23(20)25-9-8-24-19/h6-9,14-16,18H,2-5,10-13H2,1H3,(H,26,27)/t16-,18+. The largest absolute Gasteiger partial charge is 0.488 e. The first-order valence-electron chi connectivity index (χ1n) is 11.2. The molecule has 0 radical (unpaired) electrons. The molecular formula is C23H28N6O3. The molecular weight excluding hydrogens is 408 g/mol. The summed E-state index contributed by atoms with van der Waals surface area (Å²) in [5.74, 6) is 2.10. The number of rotatable bonds is 6. The SMILES string of the molecule is COc1ccc(N[C@H]2CC[C@@H](Oc3cc(N4CCOCC4)cc4nccnc34)CC2)nn1. The number of hydrogen-bond donors (Lipinski definition) is 1. The Kier molecular flexibility index (Phi) is 6.15. The molecule has 1 saturated heterocycles. The van der Waals surface area contributed by atoms with Crippen molar-refractivity contribution in [3.63, 3.8) is 0 Å². The molecule has 5 rings (SSSR count). The van der Waals surface area contributed by atoms with E-state index in [4.69, 9.17) is 14.2 Å². The van der Waals surface area contributed by atoms with Gasteiger partial charge in [-0.25, -0.2) is 4.98 Å². The molecule has 0 spiro atoms. The Bertz CT molecular complexity index is 1030. The van der Waals surface area contributed by atoms with Crippen LogP contribution in [0.25, 0.3) is 11.0 Å². The molecule has 0 unspecified atom stereocenters. The molecule has 0 atom stereocenters. The molecule has 1 N–H and O–H groups in total. The Hall–Kier alpha value is -3.20. The van der Waals surface area contributed by atoms with Crippen LogP contribution in [0.15, 0.2) is 36.7 Å². The molecule has 168 valence electrons. The van der Waals surface area contributed by atoms with E-state index in [2.05, 4.69) is 42.5 Å². The number of nitrogens with one attached hydrogen (secondary N) is 1. The normalized spacial score (nSPS) is 21.3. The number of fused-ring (bicyclic) bond motifs is 1. The summed E-state index contributed by atoms with van der Waals surface area (Å²) >= 11 is 0. The number of nitrogens with zero attached hydrogens (tertiary/aromatic N) is 5. The summed E-state index contributed by atoms with van der Waals surface area (Å²) in [5, 5.41) is 11.7. The second-order valence-electron chi connectivity index (χ2n) is 8.16. The highest BCUT2D eigenvalue weighted by atomic mass is 16.5. The average molecular weight is 437 g/mol. The van der Waals surface area contributed by atoms with Crippen molar-refractivity contribution in [3.05, 3.63) is 36.7 Å². The number of benzene rings is 1. The third kappa shape index (κ3) is 4.67. The predicted molar refractivity (Wildman–Crippen MR) is 121 cm³/mol. The van der Waals surface area contributed by atoms with Gasteiger partial charge in [-0.3, -0.25) is 4.98 Å². The van der Waals surface area contributed by atoms with E-state index in [9.17, 15) is 0 Å². The quantitative estimate of drug-likeness (QED) is 0.625. The molecule has 0 bridgehead atoms. The summed E-state index contributed by atoms with van der Waals surface area (Å²) in [4.78, 5) is 11.4. The van der Waals surface area contributed by atoms with E-state index in [1.807, 2.05) is 12.1 Å². The van der Waals surface area contributed by atoms with E-state index in [1.165, 1.54) is 0 Å². The second kappa shape index (κ2) is 9.52. The minimum absolute atomic E-state index is 0.153. The van der Waals surface area contributed by atoms with Crippen LogP contribution in [0.2, 0.25) is 0 Å². The van der Waals surface area contributed by atoms with Crippen molar-refractivity contribution in [2.75, 3.05) is 43.6 Å². The Labute approximate surface area is 187 Å². The van der Waals surface area contributed by atoms with Crippen LogP contribution < -0.4 is 19.7 Å². The molecule has 1 aliphatic carbocycles.